The van der Waals surface area contributed by atoms with E-state index in [4.69, 9.17) is 5.73 Å². The molecule has 1 aliphatic heterocycles. The van der Waals surface area contributed by atoms with Gasteiger partial charge in [0.25, 0.3) is 0 Å². The maximum Gasteiger partial charge on any atom is 0.227 e. The summed E-state index contributed by atoms with van der Waals surface area (Å²) in [6.07, 6.45) is 0.213. The standard InChI is InChI=1S/C13H17N3O2/c1-15(2)10-3-5-11(6-4-10)16-8-9(13(14)18)7-12(16)17/h3-6,9H,7-8H2,1-2H3,(H2,14,18). The van der Waals surface area contributed by atoms with E-state index in [1.165, 1.54) is 0 Å². The summed E-state index contributed by atoms with van der Waals surface area (Å²) in [6.45, 7) is 0.384. The Bertz CT molecular complexity index is 468. The van der Waals surface area contributed by atoms with Gasteiger partial charge in [-0.25, -0.2) is 0 Å². The number of nitrogens with two attached hydrogens (primary N) is 1. The first-order chi connectivity index (χ1) is 8.49. The largest absolute Gasteiger partial charge is 0.378 e. The third-order valence-corrected chi connectivity index (χ3v) is 3.21. The molecule has 18 heavy (non-hydrogen) atoms. The molecule has 0 bridgehead atoms. The van der Waals surface area contributed by atoms with Crippen LogP contribution in [0.2, 0.25) is 0 Å². The smallest absolute Gasteiger partial charge is 0.227 e. The summed E-state index contributed by atoms with van der Waals surface area (Å²) in [5, 5.41) is 0. The number of primary amides is 1. The molecule has 5 nitrogen and oxygen atoms in total. The molecule has 0 aliphatic carbocycles. The average molecular weight is 247 g/mol. The zero-order valence-electron chi connectivity index (χ0n) is 10.6. The monoisotopic (exact) mass is 247 g/mol. The number of benzene rings is 1. The fourth-order valence-electron chi connectivity index (χ4n) is 2.08. The van der Waals surface area contributed by atoms with Crippen LogP contribution in [0.15, 0.2) is 24.3 Å². The molecular formula is C13H17N3O2. The average Bonchev–Trinajstić information content (AvgIpc) is 2.71. The van der Waals surface area contributed by atoms with Gasteiger partial charge in [0.2, 0.25) is 11.8 Å². The van der Waals surface area contributed by atoms with Crippen LogP contribution in [0.1, 0.15) is 6.42 Å². The van der Waals surface area contributed by atoms with Gasteiger partial charge in [0.05, 0.1) is 5.92 Å². The van der Waals surface area contributed by atoms with E-state index in [9.17, 15) is 9.59 Å². The number of anilines is 2. The molecule has 2 N–H and O–H groups in total. The van der Waals surface area contributed by atoms with Gasteiger partial charge in [-0.15, -0.1) is 0 Å². The number of hydrogen-bond donors (Lipinski definition) is 1. The summed E-state index contributed by atoms with van der Waals surface area (Å²) < 4.78 is 0. The van der Waals surface area contributed by atoms with Crippen LogP contribution in [-0.4, -0.2) is 32.5 Å². The number of carbonyl (C=O) groups excluding carboxylic acids is 2. The van der Waals surface area contributed by atoms with Crippen LogP contribution in [-0.2, 0) is 9.59 Å². The molecule has 96 valence electrons. The Balaban J connectivity index is 2.17. The Hall–Kier alpha value is -2.04. The summed E-state index contributed by atoms with van der Waals surface area (Å²) in [4.78, 5) is 26.5. The van der Waals surface area contributed by atoms with Gasteiger partial charge in [-0.3, -0.25) is 9.59 Å². The first-order valence-electron chi connectivity index (χ1n) is 5.86. The van der Waals surface area contributed by atoms with Gasteiger partial charge in [-0.2, -0.15) is 0 Å². The normalized spacial score (nSPS) is 19.1. The van der Waals surface area contributed by atoms with E-state index in [2.05, 4.69) is 0 Å². The van der Waals surface area contributed by atoms with Crippen molar-refractivity contribution >= 4 is 23.2 Å². The highest BCUT2D eigenvalue weighted by Crippen LogP contribution is 2.26. The Kier molecular flexibility index (Phi) is 3.23. The van der Waals surface area contributed by atoms with E-state index in [1.54, 1.807) is 4.90 Å². The summed E-state index contributed by atoms with van der Waals surface area (Å²) in [5.74, 6) is -0.821. The molecule has 1 aliphatic rings. The van der Waals surface area contributed by atoms with Crippen LogP contribution < -0.4 is 15.5 Å². The van der Waals surface area contributed by atoms with Crippen molar-refractivity contribution in [3.8, 4) is 0 Å². The second-order valence-electron chi connectivity index (χ2n) is 4.72. The third kappa shape index (κ3) is 2.30. The topological polar surface area (TPSA) is 66.6 Å². The number of carbonyl (C=O) groups is 2. The second-order valence-corrected chi connectivity index (χ2v) is 4.72. The van der Waals surface area contributed by atoms with Gasteiger partial charge in [0.15, 0.2) is 0 Å². The molecule has 2 rings (SSSR count). The molecule has 0 saturated carbocycles. The van der Waals surface area contributed by atoms with Crippen LogP contribution in [0, 0.1) is 5.92 Å². The molecule has 1 aromatic rings. The predicted octanol–water partition coefficient (Wildman–Crippen LogP) is 0.591. The van der Waals surface area contributed by atoms with Crippen LogP contribution in [0.5, 0.6) is 0 Å². The maximum absolute atomic E-state index is 11.8. The molecule has 0 radical (unpaired) electrons. The van der Waals surface area contributed by atoms with Gasteiger partial charge in [-0.1, -0.05) is 0 Å². The summed E-state index contributed by atoms with van der Waals surface area (Å²) >= 11 is 0. The van der Waals surface area contributed by atoms with E-state index in [0.29, 0.717) is 6.54 Å². The molecule has 2 amide bonds. The third-order valence-electron chi connectivity index (χ3n) is 3.21. The van der Waals surface area contributed by atoms with Crippen molar-refractivity contribution in [1.82, 2.24) is 0 Å². The molecule has 0 spiro atoms. The minimum Gasteiger partial charge on any atom is -0.378 e. The highest BCUT2D eigenvalue weighted by atomic mass is 16.2. The first kappa shape index (κ1) is 12.4. The molecular weight excluding hydrogens is 230 g/mol. The summed E-state index contributed by atoms with van der Waals surface area (Å²) in [7, 11) is 3.91. The van der Waals surface area contributed by atoms with E-state index >= 15 is 0 Å². The van der Waals surface area contributed by atoms with Crippen molar-refractivity contribution in [2.75, 3.05) is 30.4 Å². The minimum atomic E-state index is -0.407. The number of hydrogen-bond acceptors (Lipinski definition) is 3. The molecule has 5 heteroatoms. The van der Waals surface area contributed by atoms with Crippen LogP contribution in [0.25, 0.3) is 0 Å². The highest BCUT2D eigenvalue weighted by Gasteiger charge is 2.33. The Morgan fingerprint density at radius 1 is 1.33 bits per heavy atom. The Labute approximate surface area is 106 Å². The fraction of sp³-hybridized carbons (Fsp3) is 0.385. The zero-order chi connectivity index (χ0) is 13.3. The number of amides is 2. The minimum absolute atomic E-state index is 0.0450. The summed E-state index contributed by atoms with van der Waals surface area (Å²) in [5.41, 5.74) is 7.12. The number of rotatable bonds is 3. The first-order valence-corrected chi connectivity index (χ1v) is 5.86. The number of nitrogens with zero attached hydrogens (tertiary/aromatic N) is 2. The van der Waals surface area contributed by atoms with E-state index in [0.717, 1.165) is 11.4 Å². The van der Waals surface area contributed by atoms with Crippen molar-refractivity contribution in [3.63, 3.8) is 0 Å². The lowest BCUT2D eigenvalue weighted by molar-refractivity contribution is -0.123. The van der Waals surface area contributed by atoms with Gasteiger partial charge < -0.3 is 15.5 Å². The quantitative estimate of drug-likeness (QED) is 0.850. The zero-order valence-corrected chi connectivity index (χ0v) is 10.6. The molecule has 1 unspecified atom stereocenters. The van der Waals surface area contributed by atoms with Crippen LogP contribution >= 0.6 is 0 Å². The molecule has 1 heterocycles. The van der Waals surface area contributed by atoms with E-state index in [1.807, 2.05) is 43.3 Å². The van der Waals surface area contributed by atoms with E-state index < -0.39 is 5.91 Å². The molecule has 1 atom stereocenters. The highest BCUT2D eigenvalue weighted by molar-refractivity contribution is 6.00. The van der Waals surface area contributed by atoms with Crippen molar-refractivity contribution in [2.24, 2.45) is 11.7 Å². The Morgan fingerprint density at radius 2 is 1.94 bits per heavy atom. The lowest BCUT2D eigenvalue weighted by Gasteiger charge is -2.18. The lowest BCUT2D eigenvalue weighted by Crippen LogP contribution is -2.28. The second kappa shape index (κ2) is 4.68. The molecule has 1 fully saturated rings. The summed E-state index contributed by atoms with van der Waals surface area (Å²) in [6, 6.07) is 7.66. The SMILES string of the molecule is CN(C)c1ccc(N2CC(C(N)=O)CC2=O)cc1. The maximum atomic E-state index is 11.8. The van der Waals surface area contributed by atoms with Crippen molar-refractivity contribution in [2.45, 2.75) is 6.42 Å². The molecule has 0 aromatic heterocycles. The van der Waals surface area contributed by atoms with Gasteiger partial charge in [0.1, 0.15) is 0 Å². The molecule has 1 aromatic carbocycles. The van der Waals surface area contributed by atoms with Crippen LogP contribution in [0.4, 0.5) is 11.4 Å². The fourth-order valence-corrected chi connectivity index (χ4v) is 2.08. The van der Waals surface area contributed by atoms with Crippen molar-refractivity contribution < 1.29 is 9.59 Å². The van der Waals surface area contributed by atoms with Crippen LogP contribution in [0.3, 0.4) is 0 Å². The predicted molar refractivity (Wildman–Crippen MR) is 70.4 cm³/mol. The Morgan fingerprint density at radius 3 is 2.39 bits per heavy atom. The van der Waals surface area contributed by atoms with E-state index in [-0.39, 0.29) is 18.2 Å². The molecule has 1 saturated heterocycles. The van der Waals surface area contributed by atoms with Crippen molar-refractivity contribution in [3.05, 3.63) is 24.3 Å². The van der Waals surface area contributed by atoms with Gasteiger partial charge in [0, 0.05) is 38.4 Å². The lowest BCUT2D eigenvalue weighted by atomic mass is 10.1. The van der Waals surface area contributed by atoms with Crippen molar-refractivity contribution in [1.29, 1.82) is 0 Å². The van der Waals surface area contributed by atoms with Gasteiger partial charge in [-0.05, 0) is 24.3 Å². The van der Waals surface area contributed by atoms with Gasteiger partial charge >= 0.3 is 0 Å².